The fourth-order valence-corrected chi connectivity index (χ4v) is 5.65. The van der Waals surface area contributed by atoms with Gasteiger partial charge in [0, 0.05) is 44.9 Å². The minimum atomic E-state index is -0.328. The monoisotopic (exact) mass is 494 g/mol. The van der Waals surface area contributed by atoms with Crippen molar-refractivity contribution in [1.29, 1.82) is 0 Å². The minimum Gasteiger partial charge on any atom is -0.343 e. The molecule has 0 atom stereocenters. The molecule has 0 radical (unpaired) electrons. The molecule has 1 aliphatic rings. The fraction of sp³-hybridized carbons (Fsp3) is 0.222. The quantitative estimate of drug-likeness (QED) is 0.349. The third-order valence-electron chi connectivity index (χ3n) is 6.39. The van der Waals surface area contributed by atoms with Gasteiger partial charge in [0.15, 0.2) is 11.5 Å². The Labute approximate surface area is 210 Å². The maximum absolute atomic E-state index is 13.9. The van der Waals surface area contributed by atoms with E-state index in [0.29, 0.717) is 41.2 Å². The molecule has 5 heterocycles. The largest absolute Gasteiger partial charge is 0.343 e. The van der Waals surface area contributed by atoms with Crippen molar-refractivity contribution in [3.05, 3.63) is 76.2 Å². The first kappa shape index (κ1) is 22.2. The average Bonchev–Trinajstić information content (AvgIpc) is 3.31. The zero-order valence-electron chi connectivity index (χ0n) is 19.6. The zero-order valence-corrected chi connectivity index (χ0v) is 20.5. The summed E-state index contributed by atoms with van der Waals surface area (Å²) >= 11 is 1.42. The standard InChI is InChI=1S/C27H22N6O2S/c1-31(16-12-18-9-5-6-13-28-18)26(35)23-24(34)19-17-22(32-14-7-2-8-15-32)29-30-25(19)33-20-10-3-4-11-21(20)36-27(23)33/h3-6,9-11,13,17H,7,12,14-16H2,1H3. The van der Waals surface area contributed by atoms with Gasteiger partial charge in [-0.1, -0.05) is 30.0 Å². The number of likely N-dealkylation sites (N-methyl/N-ethyl adjacent to an activating group) is 1. The van der Waals surface area contributed by atoms with Crippen LogP contribution in [-0.2, 0) is 6.42 Å². The summed E-state index contributed by atoms with van der Waals surface area (Å²) in [5.74, 6) is 6.43. The number of amides is 1. The Bertz CT molecular complexity index is 1750. The number of thiazole rings is 1. The van der Waals surface area contributed by atoms with Crippen molar-refractivity contribution < 1.29 is 4.79 Å². The van der Waals surface area contributed by atoms with Crippen molar-refractivity contribution in [2.24, 2.45) is 0 Å². The van der Waals surface area contributed by atoms with Crippen LogP contribution in [0.4, 0.5) is 5.82 Å². The number of para-hydroxylation sites is 1. The van der Waals surface area contributed by atoms with Crippen LogP contribution in [0.25, 0.3) is 26.1 Å². The molecule has 0 aliphatic carbocycles. The lowest BCUT2D eigenvalue weighted by atomic mass is 10.1. The van der Waals surface area contributed by atoms with Crippen LogP contribution < -0.4 is 10.3 Å². The second-order valence-electron chi connectivity index (χ2n) is 8.68. The summed E-state index contributed by atoms with van der Waals surface area (Å²) in [6, 6.07) is 15.3. The summed E-state index contributed by atoms with van der Waals surface area (Å²) in [7, 11) is 1.72. The third-order valence-corrected chi connectivity index (χ3v) is 7.54. The number of hydrogen-bond acceptors (Lipinski definition) is 7. The van der Waals surface area contributed by atoms with Crippen molar-refractivity contribution in [2.45, 2.75) is 12.8 Å². The zero-order chi connectivity index (χ0) is 24.6. The third kappa shape index (κ3) is 3.76. The summed E-state index contributed by atoms with van der Waals surface area (Å²) in [5, 5.41) is 9.29. The number of fused-ring (bicyclic) bond motifs is 5. The van der Waals surface area contributed by atoms with Gasteiger partial charge in [-0.2, -0.15) is 0 Å². The molecule has 1 aromatic carbocycles. The summed E-state index contributed by atoms with van der Waals surface area (Å²) in [6.07, 6.45) is 3.07. The molecule has 0 spiro atoms. The van der Waals surface area contributed by atoms with Gasteiger partial charge < -0.3 is 9.80 Å². The van der Waals surface area contributed by atoms with Crippen LogP contribution in [0, 0.1) is 11.8 Å². The smallest absolute Gasteiger partial charge is 0.260 e. The number of nitrogens with zero attached hydrogens (tertiary/aromatic N) is 6. The van der Waals surface area contributed by atoms with E-state index in [0.717, 1.165) is 28.9 Å². The molecule has 0 N–H and O–H groups in total. The maximum Gasteiger partial charge on any atom is 0.260 e. The predicted molar refractivity (Wildman–Crippen MR) is 142 cm³/mol. The Morgan fingerprint density at radius 1 is 1.14 bits per heavy atom. The van der Waals surface area contributed by atoms with Gasteiger partial charge in [-0.25, -0.2) is 0 Å². The second-order valence-corrected chi connectivity index (χ2v) is 9.71. The van der Waals surface area contributed by atoms with Crippen LogP contribution in [0.5, 0.6) is 0 Å². The van der Waals surface area contributed by atoms with Crippen LogP contribution in [-0.4, -0.2) is 57.1 Å². The highest BCUT2D eigenvalue weighted by molar-refractivity contribution is 7.24. The van der Waals surface area contributed by atoms with Gasteiger partial charge in [-0.05, 0) is 30.3 Å². The number of pyridine rings is 2. The maximum atomic E-state index is 13.9. The van der Waals surface area contributed by atoms with Crippen LogP contribution in [0.3, 0.4) is 0 Å². The van der Waals surface area contributed by atoms with Gasteiger partial charge in [0.1, 0.15) is 10.4 Å². The van der Waals surface area contributed by atoms with E-state index in [1.165, 1.54) is 11.3 Å². The first-order valence-corrected chi connectivity index (χ1v) is 12.5. The highest BCUT2D eigenvalue weighted by Gasteiger charge is 2.26. The molecule has 4 aromatic heterocycles. The van der Waals surface area contributed by atoms with E-state index < -0.39 is 0 Å². The number of hydrogen-bond donors (Lipinski definition) is 0. The van der Waals surface area contributed by atoms with Gasteiger partial charge in [0.05, 0.1) is 22.1 Å². The summed E-state index contributed by atoms with van der Waals surface area (Å²) < 4.78 is 2.86. The minimum absolute atomic E-state index is 0.157. The Balaban J connectivity index is 1.51. The van der Waals surface area contributed by atoms with E-state index in [4.69, 9.17) is 0 Å². The van der Waals surface area contributed by atoms with Gasteiger partial charge >= 0.3 is 0 Å². The van der Waals surface area contributed by atoms with Crippen molar-refractivity contribution in [3.63, 3.8) is 0 Å². The number of benzene rings is 1. The molecule has 1 amide bonds. The van der Waals surface area contributed by atoms with Crippen molar-refractivity contribution >= 4 is 49.1 Å². The van der Waals surface area contributed by atoms with E-state index in [1.54, 1.807) is 24.2 Å². The van der Waals surface area contributed by atoms with E-state index in [-0.39, 0.29) is 16.9 Å². The SMILES string of the molecule is CN(CCc1ccccn1)C(=O)c1c(=O)c2cc(N3CC#CCC3)nnc2n2c1sc1ccccc12. The molecule has 0 saturated heterocycles. The Kier molecular flexibility index (Phi) is 5.58. The normalized spacial score (nSPS) is 13.2. The van der Waals surface area contributed by atoms with E-state index >= 15 is 0 Å². The molecule has 6 rings (SSSR count). The summed E-state index contributed by atoms with van der Waals surface area (Å²) in [5.41, 5.74) is 2.06. The van der Waals surface area contributed by atoms with Gasteiger partial charge in [-0.15, -0.1) is 21.5 Å². The molecular formula is C27H22N6O2S. The van der Waals surface area contributed by atoms with Crippen molar-refractivity contribution in [1.82, 2.24) is 24.5 Å². The molecule has 0 fully saturated rings. The highest BCUT2D eigenvalue weighted by Crippen LogP contribution is 2.31. The lowest BCUT2D eigenvalue weighted by Crippen LogP contribution is -2.33. The van der Waals surface area contributed by atoms with Crippen LogP contribution in [0.15, 0.2) is 59.5 Å². The average molecular weight is 495 g/mol. The number of carbonyl (C=O) groups excluding carboxylic acids is 1. The van der Waals surface area contributed by atoms with Gasteiger partial charge in [0.25, 0.3) is 5.91 Å². The highest BCUT2D eigenvalue weighted by atomic mass is 32.1. The molecule has 0 saturated carbocycles. The van der Waals surface area contributed by atoms with Crippen molar-refractivity contribution in [3.8, 4) is 11.8 Å². The predicted octanol–water partition coefficient (Wildman–Crippen LogP) is 3.38. The number of carbonyl (C=O) groups is 1. The molecule has 0 bridgehead atoms. The second kappa shape index (κ2) is 9.06. The number of rotatable bonds is 5. The van der Waals surface area contributed by atoms with E-state index in [2.05, 4.69) is 27.0 Å². The Morgan fingerprint density at radius 2 is 2.00 bits per heavy atom. The van der Waals surface area contributed by atoms with E-state index in [9.17, 15) is 9.59 Å². The van der Waals surface area contributed by atoms with Crippen LogP contribution >= 0.6 is 11.3 Å². The first-order chi connectivity index (χ1) is 17.6. The summed E-state index contributed by atoms with van der Waals surface area (Å²) in [6.45, 7) is 1.70. The molecule has 0 unspecified atom stereocenters. The van der Waals surface area contributed by atoms with Gasteiger partial charge in [0.2, 0.25) is 5.43 Å². The Hall–Kier alpha value is -4.29. The molecular weight excluding hydrogens is 472 g/mol. The first-order valence-electron chi connectivity index (χ1n) is 11.7. The number of aromatic nitrogens is 4. The van der Waals surface area contributed by atoms with Crippen LogP contribution in [0.2, 0.25) is 0 Å². The van der Waals surface area contributed by atoms with Crippen LogP contribution in [0.1, 0.15) is 22.5 Å². The molecule has 36 heavy (non-hydrogen) atoms. The molecule has 1 aliphatic heterocycles. The van der Waals surface area contributed by atoms with E-state index in [1.807, 2.05) is 51.8 Å². The number of anilines is 1. The molecule has 9 heteroatoms. The molecule has 8 nitrogen and oxygen atoms in total. The van der Waals surface area contributed by atoms with Gasteiger partial charge in [-0.3, -0.25) is 19.0 Å². The lowest BCUT2D eigenvalue weighted by Gasteiger charge is -2.22. The topological polar surface area (TPSA) is 83.7 Å². The summed E-state index contributed by atoms with van der Waals surface area (Å²) in [4.78, 5) is 36.2. The Morgan fingerprint density at radius 3 is 2.81 bits per heavy atom. The molecule has 178 valence electrons. The molecule has 5 aromatic rings. The van der Waals surface area contributed by atoms with Crippen molar-refractivity contribution in [2.75, 3.05) is 31.6 Å². The fourth-order valence-electron chi connectivity index (χ4n) is 4.47. The lowest BCUT2D eigenvalue weighted by molar-refractivity contribution is 0.0797.